The number of hydrogen-bond acceptors (Lipinski definition) is 3. The first kappa shape index (κ1) is 14.5. The molecule has 1 aliphatic rings. The Kier molecular flexibility index (Phi) is 3.76. The number of benzene rings is 1. The molecule has 5 nitrogen and oxygen atoms in total. The monoisotopic (exact) mass is 280 g/mol. The lowest BCUT2D eigenvalue weighted by atomic mass is 9.91. The van der Waals surface area contributed by atoms with Gasteiger partial charge in [-0.25, -0.2) is 4.39 Å². The highest BCUT2D eigenvalue weighted by atomic mass is 19.1. The van der Waals surface area contributed by atoms with E-state index in [4.69, 9.17) is 5.73 Å². The van der Waals surface area contributed by atoms with Gasteiger partial charge in [-0.15, -0.1) is 0 Å². The Bertz CT molecular complexity index is 561. The van der Waals surface area contributed by atoms with Gasteiger partial charge in [0, 0.05) is 6.54 Å². The molecule has 108 valence electrons. The first-order valence-corrected chi connectivity index (χ1v) is 6.42. The van der Waals surface area contributed by atoms with Crippen LogP contribution in [0.4, 0.5) is 4.39 Å². The molecular formula is C14H17FN2O3. The number of halogens is 1. The molecule has 0 unspecified atom stereocenters. The Morgan fingerprint density at radius 3 is 2.80 bits per heavy atom. The van der Waals surface area contributed by atoms with Crippen molar-refractivity contribution in [2.45, 2.75) is 25.4 Å². The Labute approximate surface area is 116 Å². The van der Waals surface area contributed by atoms with Crippen molar-refractivity contribution in [3.8, 4) is 0 Å². The van der Waals surface area contributed by atoms with E-state index in [-0.39, 0.29) is 18.5 Å². The van der Waals surface area contributed by atoms with Crippen LogP contribution in [0, 0.1) is 12.7 Å². The molecule has 1 aliphatic heterocycles. The molecule has 3 N–H and O–H groups in total. The molecule has 1 aromatic rings. The SMILES string of the molecule is Cc1cccc(C(=O)N2CCC[C@](O)(C(N)=O)C2)c1F. The average molecular weight is 280 g/mol. The molecule has 0 aromatic heterocycles. The molecule has 20 heavy (non-hydrogen) atoms. The lowest BCUT2D eigenvalue weighted by molar-refractivity contribution is -0.140. The normalized spacial score (nSPS) is 22.6. The molecule has 1 saturated heterocycles. The molecular weight excluding hydrogens is 263 g/mol. The second-order valence-electron chi connectivity index (χ2n) is 5.16. The highest BCUT2D eigenvalue weighted by Crippen LogP contribution is 2.23. The maximum Gasteiger partial charge on any atom is 0.256 e. The summed E-state index contributed by atoms with van der Waals surface area (Å²) >= 11 is 0. The predicted octanol–water partition coefficient (Wildman–Crippen LogP) is 0.587. The number of hydrogen-bond donors (Lipinski definition) is 2. The zero-order valence-electron chi connectivity index (χ0n) is 11.2. The van der Waals surface area contributed by atoms with E-state index in [9.17, 15) is 19.1 Å². The largest absolute Gasteiger partial charge is 0.378 e. The number of piperidine rings is 1. The summed E-state index contributed by atoms with van der Waals surface area (Å²) in [5.74, 6) is -1.98. The topological polar surface area (TPSA) is 83.6 Å². The van der Waals surface area contributed by atoms with Crippen LogP contribution >= 0.6 is 0 Å². The molecule has 0 bridgehead atoms. The average Bonchev–Trinajstić information content (AvgIpc) is 2.41. The third-order valence-corrected chi connectivity index (χ3v) is 3.64. The van der Waals surface area contributed by atoms with Gasteiger partial charge in [0.05, 0.1) is 12.1 Å². The number of nitrogens with zero attached hydrogens (tertiary/aromatic N) is 1. The van der Waals surface area contributed by atoms with E-state index in [1.165, 1.54) is 11.0 Å². The molecule has 0 aliphatic carbocycles. The van der Waals surface area contributed by atoms with Crippen molar-refractivity contribution in [3.05, 3.63) is 35.1 Å². The fraction of sp³-hybridized carbons (Fsp3) is 0.429. The van der Waals surface area contributed by atoms with Crippen LogP contribution in [0.5, 0.6) is 0 Å². The lowest BCUT2D eigenvalue weighted by Gasteiger charge is -2.37. The highest BCUT2D eigenvalue weighted by molar-refractivity contribution is 5.95. The van der Waals surface area contributed by atoms with Crippen LogP contribution in [0.25, 0.3) is 0 Å². The van der Waals surface area contributed by atoms with Gasteiger partial charge in [0.2, 0.25) is 0 Å². The molecule has 1 atom stereocenters. The van der Waals surface area contributed by atoms with Gasteiger partial charge >= 0.3 is 0 Å². The fourth-order valence-electron chi connectivity index (χ4n) is 2.39. The molecule has 6 heteroatoms. The summed E-state index contributed by atoms with van der Waals surface area (Å²) in [5, 5.41) is 10.1. The number of likely N-dealkylation sites (tertiary alicyclic amines) is 1. The predicted molar refractivity (Wildman–Crippen MR) is 70.4 cm³/mol. The van der Waals surface area contributed by atoms with Gasteiger partial charge in [-0.2, -0.15) is 0 Å². The summed E-state index contributed by atoms with van der Waals surface area (Å²) in [7, 11) is 0. The Balaban J connectivity index is 2.25. The van der Waals surface area contributed by atoms with Gasteiger partial charge in [-0.3, -0.25) is 9.59 Å². The lowest BCUT2D eigenvalue weighted by Crippen LogP contribution is -2.57. The van der Waals surface area contributed by atoms with E-state index in [2.05, 4.69) is 0 Å². The number of carbonyl (C=O) groups excluding carboxylic acids is 2. The number of carbonyl (C=O) groups is 2. The molecule has 1 aromatic carbocycles. The summed E-state index contributed by atoms with van der Waals surface area (Å²) in [4.78, 5) is 24.8. The van der Waals surface area contributed by atoms with Crippen molar-refractivity contribution in [3.63, 3.8) is 0 Å². The van der Waals surface area contributed by atoms with Gasteiger partial charge in [-0.1, -0.05) is 12.1 Å². The number of aryl methyl sites for hydroxylation is 1. The van der Waals surface area contributed by atoms with Crippen LogP contribution in [-0.4, -0.2) is 40.5 Å². The smallest absolute Gasteiger partial charge is 0.256 e. The summed E-state index contributed by atoms with van der Waals surface area (Å²) in [6.07, 6.45) is 0.654. The van der Waals surface area contributed by atoms with Gasteiger partial charge in [0.25, 0.3) is 11.8 Å². The van der Waals surface area contributed by atoms with E-state index < -0.39 is 23.2 Å². The van der Waals surface area contributed by atoms with Crippen molar-refractivity contribution in [2.75, 3.05) is 13.1 Å². The first-order valence-electron chi connectivity index (χ1n) is 6.42. The Morgan fingerprint density at radius 2 is 2.15 bits per heavy atom. The van der Waals surface area contributed by atoms with E-state index >= 15 is 0 Å². The van der Waals surface area contributed by atoms with Crippen LogP contribution in [-0.2, 0) is 4.79 Å². The minimum absolute atomic E-state index is 0.0567. The second kappa shape index (κ2) is 5.20. The minimum atomic E-state index is -1.73. The summed E-state index contributed by atoms with van der Waals surface area (Å²) < 4.78 is 14.0. The Morgan fingerprint density at radius 1 is 1.45 bits per heavy atom. The van der Waals surface area contributed by atoms with Crippen molar-refractivity contribution >= 4 is 11.8 Å². The van der Waals surface area contributed by atoms with Crippen molar-refractivity contribution in [2.24, 2.45) is 5.73 Å². The third kappa shape index (κ3) is 2.51. The molecule has 2 rings (SSSR count). The summed E-state index contributed by atoms with van der Waals surface area (Å²) in [6, 6.07) is 4.56. The number of β-amino-alcohol motifs (C(OH)–C–C–N with tert-alkyl or cyclic N) is 1. The maximum atomic E-state index is 14.0. The van der Waals surface area contributed by atoms with Crippen LogP contribution in [0.2, 0.25) is 0 Å². The van der Waals surface area contributed by atoms with Crippen LogP contribution in [0.3, 0.4) is 0 Å². The second-order valence-corrected chi connectivity index (χ2v) is 5.16. The van der Waals surface area contributed by atoms with Crippen LogP contribution < -0.4 is 5.73 Å². The molecule has 0 radical (unpaired) electrons. The molecule has 0 spiro atoms. The number of nitrogens with two attached hydrogens (primary N) is 1. The van der Waals surface area contributed by atoms with E-state index in [1.807, 2.05) is 0 Å². The highest BCUT2D eigenvalue weighted by Gasteiger charge is 2.40. The zero-order chi connectivity index (χ0) is 14.9. The summed E-state index contributed by atoms with van der Waals surface area (Å²) in [5.41, 5.74) is 3.74. The van der Waals surface area contributed by atoms with Crippen LogP contribution in [0.1, 0.15) is 28.8 Å². The third-order valence-electron chi connectivity index (χ3n) is 3.64. The van der Waals surface area contributed by atoms with E-state index in [1.54, 1.807) is 19.1 Å². The maximum absolute atomic E-state index is 14.0. The van der Waals surface area contributed by atoms with Crippen LogP contribution in [0.15, 0.2) is 18.2 Å². The van der Waals surface area contributed by atoms with Crippen molar-refractivity contribution in [1.82, 2.24) is 4.90 Å². The number of primary amides is 1. The van der Waals surface area contributed by atoms with E-state index in [0.717, 1.165) is 0 Å². The van der Waals surface area contributed by atoms with Crippen molar-refractivity contribution < 1.29 is 19.1 Å². The standard InChI is InChI=1S/C14H17FN2O3/c1-9-4-2-5-10(11(9)15)12(18)17-7-3-6-14(20,8-17)13(16)19/h2,4-5,20H,3,6-8H2,1H3,(H2,16,19)/t14-/m1/s1. The van der Waals surface area contributed by atoms with Gasteiger partial charge in [0.1, 0.15) is 5.82 Å². The molecule has 0 saturated carbocycles. The van der Waals surface area contributed by atoms with E-state index in [0.29, 0.717) is 18.5 Å². The van der Waals surface area contributed by atoms with Gasteiger partial charge in [0.15, 0.2) is 5.60 Å². The number of rotatable bonds is 2. The summed E-state index contributed by atoms with van der Waals surface area (Å²) in [6.45, 7) is 1.73. The fourth-order valence-corrected chi connectivity index (χ4v) is 2.39. The molecule has 1 heterocycles. The zero-order valence-corrected chi connectivity index (χ0v) is 11.2. The Hall–Kier alpha value is -1.95. The number of amides is 2. The van der Waals surface area contributed by atoms with Crippen molar-refractivity contribution in [1.29, 1.82) is 0 Å². The molecule has 1 fully saturated rings. The van der Waals surface area contributed by atoms with Gasteiger partial charge < -0.3 is 15.7 Å². The minimum Gasteiger partial charge on any atom is -0.378 e. The molecule has 2 amide bonds. The number of aliphatic hydroxyl groups is 1. The first-order chi connectivity index (χ1) is 9.35. The van der Waals surface area contributed by atoms with Gasteiger partial charge in [-0.05, 0) is 31.4 Å². The quantitative estimate of drug-likeness (QED) is 0.831.